The van der Waals surface area contributed by atoms with E-state index in [1.165, 1.54) is 7.11 Å². The number of rotatable bonds is 4. The predicted molar refractivity (Wildman–Crippen MR) is 90.0 cm³/mol. The molecule has 0 saturated heterocycles. The molecule has 122 valence electrons. The van der Waals surface area contributed by atoms with Gasteiger partial charge in [-0.1, -0.05) is 17.7 Å². The Labute approximate surface area is 147 Å². The van der Waals surface area contributed by atoms with E-state index in [0.717, 1.165) is 36.0 Å². The summed E-state index contributed by atoms with van der Waals surface area (Å²) in [6, 6.07) is 5.43. The molecule has 0 atom stereocenters. The number of methoxy groups -OCH3 is 1. The normalized spacial score (nSPS) is 13.5. The summed E-state index contributed by atoms with van der Waals surface area (Å²) < 4.78 is 13.4. The summed E-state index contributed by atoms with van der Waals surface area (Å²) >= 11 is 9.57. The molecule has 1 aromatic heterocycles. The van der Waals surface area contributed by atoms with Crippen LogP contribution in [0.5, 0.6) is 5.75 Å². The fourth-order valence-electron chi connectivity index (χ4n) is 2.74. The van der Waals surface area contributed by atoms with Crippen LogP contribution in [-0.2, 0) is 24.3 Å². The highest BCUT2D eigenvalue weighted by Gasteiger charge is 2.26. The number of halogens is 2. The van der Waals surface area contributed by atoms with E-state index in [9.17, 15) is 4.79 Å². The van der Waals surface area contributed by atoms with Crippen LogP contribution in [0.1, 0.15) is 34.6 Å². The van der Waals surface area contributed by atoms with Crippen LogP contribution in [0.15, 0.2) is 22.7 Å². The first-order chi connectivity index (χ1) is 11.1. The first kappa shape index (κ1) is 16.3. The molecule has 0 bridgehead atoms. The molecule has 7 heteroatoms. The minimum Gasteiger partial charge on any atom is -0.484 e. The van der Waals surface area contributed by atoms with E-state index in [0.29, 0.717) is 22.0 Å². The molecule has 0 fully saturated rings. The van der Waals surface area contributed by atoms with Crippen molar-refractivity contribution < 1.29 is 14.3 Å². The Morgan fingerprint density at radius 2 is 2.26 bits per heavy atom. The number of esters is 1. The quantitative estimate of drug-likeness (QED) is 0.729. The van der Waals surface area contributed by atoms with Gasteiger partial charge in [-0.25, -0.2) is 4.79 Å². The second-order valence-corrected chi connectivity index (χ2v) is 6.54. The van der Waals surface area contributed by atoms with Gasteiger partial charge in [0.1, 0.15) is 17.9 Å². The number of hydrogen-bond donors (Lipinski definition) is 0. The number of ether oxygens (including phenoxy) is 2. The van der Waals surface area contributed by atoms with Gasteiger partial charge in [-0.2, -0.15) is 5.10 Å². The number of nitrogens with zero attached hydrogens (tertiary/aromatic N) is 2. The Bertz CT molecular complexity index is 725. The van der Waals surface area contributed by atoms with E-state index in [1.807, 2.05) is 16.8 Å². The number of carbonyl (C=O) groups is 1. The maximum atomic E-state index is 12.1. The molecule has 5 nitrogen and oxygen atoms in total. The van der Waals surface area contributed by atoms with Crippen molar-refractivity contribution >= 4 is 33.5 Å². The second-order valence-electron chi connectivity index (χ2n) is 5.28. The maximum Gasteiger partial charge on any atom is 0.341 e. The largest absolute Gasteiger partial charge is 0.484 e. The second kappa shape index (κ2) is 6.93. The van der Waals surface area contributed by atoms with Crippen molar-refractivity contribution in [3.63, 3.8) is 0 Å². The number of aromatic nitrogens is 2. The molecule has 2 aromatic rings. The van der Waals surface area contributed by atoms with Gasteiger partial charge in [0.15, 0.2) is 5.75 Å². The fourth-order valence-corrected chi connectivity index (χ4v) is 3.57. The first-order valence-corrected chi connectivity index (χ1v) is 8.52. The highest BCUT2D eigenvalue weighted by Crippen LogP contribution is 2.33. The minimum atomic E-state index is -0.370. The number of aryl methyl sites for hydroxylation is 1. The van der Waals surface area contributed by atoms with E-state index < -0.39 is 0 Å². The lowest BCUT2D eigenvalue weighted by molar-refractivity contribution is 0.0596. The number of para-hydroxylation sites is 1. The standard InChI is InChI=1S/C16H16BrClN2O3/c1-22-16(21)14-12(19-20-8-3-2-7-13(14)20)9-23-15-10(17)5-4-6-11(15)18/h4-6H,2-3,7-9H2,1H3. The number of benzene rings is 1. The SMILES string of the molecule is COC(=O)c1c(COc2c(Cl)cccc2Br)nn2c1CCCC2. The molecule has 0 aliphatic carbocycles. The topological polar surface area (TPSA) is 53.4 Å². The highest BCUT2D eigenvalue weighted by molar-refractivity contribution is 9.10. The van der Waals surface area contributed by atoms with Crippen molar-refractivity contribution in [1.82, 2.24) is 9.78 Å². The molecule has 2 heterocycles. The zero-order valence-corrected chi connectivity index (χ0v) is 15.0. The van der Waals surface area contributed by atoms with Crippen LogP contribution in [0, 0.1) is 0 Å². The lowest BCUT2D eigenvalue weighted by Crippen LogP contribution is -2.14. The molecule has 0 saturated carbocycles. The van der Waals surface area contributed by atoms with Crippen molar-refractivity contribution in [3.05, 3.63) is 44.6 Å². The van der Waals surface area contributed by atoms with Crippen LogP contribution >= 0.6 is 27.5 Å². The summed E-state index contributed by atoms with van der Waals surface area (Å²) in [5, 5.41) is 5.03. The van der Waals surface area contributed by atoms with Crippen molar-refractivity contribution in [1.29, 1.82) is 0 Å². The van der Waals surface area contributed by atoms with Crippen LogP contribution in [0.3, 0.4) is 0 Å². The molecule has 0 unspecified atom stereocenters. The Balaban J connectivity index is 1.91. The van der Waals surface area contributed by atoms with Crippen molar-refractivity contribution in [2.24, 2.45) is 0 Å². The first-order valence-electron chi connectivity index (χ1n) is 7.35. The summed E-state index contributed by atoms with van der Waals surface area (Å²) in [6.07, 6.45) is 2.94. The molecule has 1 aromatic carbocycles. The number of fused-ring (bicyclic) bond motifs is 1. The summed E-state index contributed by atoms with van der Waals surface area (Å²) in [6.45, 7) is 0.974. The van der Waals surface area contributed by atoms with E-state index >= 15 is 0 Å². The smallest absolute Gasteiger partial charge is 0.341 e. The van der Waals surface area contributed by atoms with Crippen molar-refractivity contribution in [2.45, 2.75) is 32.4 Å². The molecular formula is C16H16BrClN2O3. The number of hydrogen-bond acceptors (Lipinski definition) is 4. The summed E-state index contributed by atoms with van der Waals surface area (Å²) in [7, 11) is 1.38. The van der Waals surface area contributed by atoms with Crippen LogP contribution in [-0.4, -0.2) is 22.9 Å². The lowest BCUT2D eigenvalue weighted by Gasteiger charge is -2.13. The van der Waals surface area contributed by atoms with E-state index in [-0.39, 0.29) is 12.6 Å². The predicted octanol–water partition coefficient (Wildman–Crippen LogP) is 4.00. The van der Waals surface area contributed by atoms with Gasteiger partial charge in [-0.3, -0.25) is 4.68 Å². The zero-order valence-electron chi connectivity index (χ0n) is 12.6. The molecule has 0 N–H and O–H groups in total. The third kappa shape index (κ3) is 3.23. The molecule has 0 radical (unpaired) electrons. The van der Waals surface area contributed by atoms with E-state index in [2.05, 4.69) is 21.0 Å². The Kier molecular flexibility index (Phi) is 4.92. The van der Waals surface area contributed by atoms with Crippen LogP contribution in [0.25, 0.3) is 0 Å². The summed E-state index contributed by atoms with van der Waals surface area (Å²) in [5.41, 5.74) is 2.04. The molecule has 0 spiro atoms. The van der Waals surface area contributed by atoms with Crippen molar-refractivity contribution in [2.75, 3.05) is 7.11 Å². The van der Waals surface area contributed by atoms with Crippen LogP contribution in [0.4, 0.5) is 0 Å². The average molecular weight is 400 g/mol. The monoisotopic (exact) mass is 398 g/mol. The van der Waals surface area contributed by atoms with Crippen LogP contribution < -0.4 is 4.74 Å². The van der Waals surface area contributed by atoms with Crippen LogP contribution in [0.2, 0.25) is 5.02 Å². The minimum absolute atomic E-state index is 0.159. The average Bonchev–Trinajstić information content (AvgIpc) is 2.92. The lowest BCUT2D eigenvalue weighted by atomic mass is 10.1. The Morgan fingerprint density at radius 3 is 3.00 bits per heavy atom. The van der Waals surface area contributed by atoms with Gasteiger partial charge in [0.2, 0.25) is 0 Å². The van der Waals surface area contributed by atoms with Gasteiger partial charge in [-0.05, 0) is 47.3 Å². The molecule has 1 aliphatic rings. The molecule has 3 rings (SSSR count). The van der Waals surface area contributed by atoms with Gasteiger partial charge < -0.3 is 9.47 Å². The Morgan fingerprint density at radius 1 is 1.43 bits per heavy atom. The van der Waals surface area contributed by atoms with Crippen molar-refractivity contribution in [3.8, 4) is 5.75 Å². The maximum absolute atomic E-state index is 12.1. The number of carbonyl (C=O) groups excluding carboxylic acids is 1. The molecule has 0 amide bonds. The van der Waals surface area contributed by atoms with Gasteiger partial charge in [0.05, 0.1) is 22.3 Å². The third-order valence-electron chi connectivity index (χ3n) is 3.83. The van der Waals surface area contributed by atoms with E-state index in [1.54, 1.807) is 6.07 Å². The summed E-state index contributed by atoms with van der Waals surface area (Å²) in [4.78, 5) is 12.1. The third-order valence-corrected chi connectivity index (χ3v) is 4.75. The Hall–Kier alpha value is -1.53. The summed E-state index contributed by atoms with van der Waals surface area (Å²) in [5.74, 6) is 0.168. The molecule has 1 aliphatic heterocycles. The molecule has 23 heavy (non-hydrogen) atoms. The molecular weight excluding hydrogens is 384 g/mol. The zero-order chi connectivity index (χ0) is 16.4. The fraction of sp³-hybridized carbons (Fsp3) is 0.375. The highest BCUT2D eigenvalue weighted by atomic mass is 79.9. The van der Waals surface area contributed by atoms with Gasteiger partial charge in [0.25, 0.3) is 0 Å². The van der Waals surface area contributed by atoms with Gasteiger partial charge in [-0.15, -0.1) is 0 Å². The van der Waals surface area contributed by atoms with Gasteiger partial charge >= 0.3 is 5.97 Å². The van der Waals surface area contributed by atoms with E-state index in [4.69, 9.17) is 21.1 Å². The van der Waals surface area contributed by atoms with Gasteiger partial charge in [0, 0.05) is 6.54 Å².